The van der Waals surface area contributed by atoms with Crippen molar-refractivity contribution in [3.63, 3.8) is 0 Å². The lowest BCUT2D eigenvalue weighted by atomic mass is 9.96. The number of hydrogen-bond donors (Lipinski definition) is 2. The minimum Gasteiger partial charge on any atom is -0.345 e. The highest BCUT2D eigenvalue weighted by molar-refractivity contribution is 5.76. The SMILES string of the molecule is CC1(C)COC(c2nc(-c3ccc(F)cc3)c(-c3ccnc(C(N)c4cccnc4)n3)[nH]2)OC1. The van der Waals surface area contributed by atoms with E-state index in [9.17, 15) is 4.39 Å². The third kappa shape index (κ3) is 4.58. The van der Waals surface area contributed by atoms with Crippen molar-refractivity contribution in [3.05, 3.63) is 84.1 Å². The van der Waals surface area contributed by atoms with E-state index in [1.165, 1.54) is 12.1 Å². The molecule has 34 heavy (non-hydrogen) atoms. The summed E-state index contributed by atoms with van der Waals surface area (Å²) in [6, 6.07) is 11.1. The Morgan fingerprint density at radius 3 is 2.53 bits per heavy atom. The largest absolute Gasteiger partial charge is 0.345 e. The summed E-state index contributed by atoms with van der Waals surface area (Å²) in [4.78, 5) is 21.3. The molecule has 1 fully saturated rings. The molecule has 5 rings (SSSR count). The van der Waals surface area contributed by atoms with Crippen LogP contribution in [-0.2, 0) is 9.47 Å². The smallest absolute Gasteiger partial charge is 0.217 e. The molecule has 4 heterocycles. The molecule has 0 bridgehead atoms. The molecule has 1 saturated heterocycles. The fraction of sp³-hybridized carbons (Fsp3) is 0.280. The van der Waals surface area contributed by atoms with Crippen LogP contribution in [0.15, 0.2) is 61.1 Å². The Balaban J connectivity index is 1.55. The molecule has 1 atom stereocenters. The topological polar surface area (TPSA) is 112 Å². The van der Waals surface area contributed by atoms with Crippen LogP contribution in [0, 0.1) is 11.2 Å². The zero-order valence-corrected chi connectivity index (χ0v) is 18.9. The average Bonchev–Trinajstić information content (AvgIpc) is 3.30. The van der Waals surface area contributed by atoms with Crippen molar-refractivity contribution in [1.82, 2.24) is 24.9 Å². The van der Waals surface area contributed by atoms with Crippen LogP contribution >= 0.6 is 0 Å². The summed E-state index contributed by atoms with van der Waals surface area (Å²) in [5.74, 6) is 0.633. The molecule has 1 aliphatic heterocycles. The van der Waals surface area contributed by atoms with Gasteiger partial charge in [0.1, 0.15) is 11.6 Å². The van der Waals surface area contributed by atoms with E-state index in [0.29, 0.717) is 41.9 Å². The molecule has 8 nitrogen and oxygen atoms in total. The summed E-state index contributed by atoms with van der Waals surface area (Å²) in [7, 11) is 0. The molecule has 1 aliphatic rings. The van der Waals surface area contributed by atoms with Gasteiger partial charge in [-0.05, 0) is 42.0 Å². The normalized spacial score (nSPS) is 16.9. The molecule has 0 aliphatic carbocycles. The highest BCUT2D eigenvalue weighted by Crippen LogP contribution is 2.35. The lowest BCUT2D eigenvalue weighted by Gasteiger charge is -2.33. The molecule has 0 saturated carbocycles. The van der Waals surface area contributed by atoms with E-state index in [1.54, 1.807) is 36.8 Å². The summed E-state index contributed by atoms with van der Waals surface area (Å²) < 4.78 is 25.4. The number of nitrogens with two attached hydrogens (primary N) is 1. The number of aromatic nitrogens is 5. The van der Waals surface area contributed by atoms with Crippen LogP contribution in [0.2, 0.25) is 0 Å². The second-order valence-corrected chi connectivity index (χ2v) is 9.03. The maximum absolute atomic E-state index is 13.6. The highest BCUT2D eigenvalue weighted by Gasteiger charge is 2.32. The summed E-state index contributed by atoms with van der Waals surface area (Å²) >= 11 is 0. The fourth-order valence-electron chi connectivity index (χ4n) is 3.73. The van der Waals surface area contributed by atoms with Gasteiger partial charge in [-0.15, -0.1) is 0 Å². The number of rotatable bonds is 5. The van der Waals surface area contributed by atoms with Crippen LogP contribution in [0.5, 0.6) is 0 Å². The van der Waals surface area contributed by atoms with Gasteiger partial charge in [0.2, 0.25) is 6.29 Å². The van der Waals surface area contributed by atoms with Gasteiger partial charge in [-0.25, -0.2) is 19.3 Å². The number of H-pyrrole nitrogens is 1. The van der Waals surface area contributed by atoms with E-state index in [4.69, 9.17) is 25.2 Å². The van der Waals surface area contributed by atoms with Gasteiger partial charge in [-0.2, -0.15) is 0 Å². The standard InChI is InChI=1S/C25H25FN6O2/c1-25(2)13-33-24(34-14-25)23-31-20(15-5-7-17(26)8-6-15)21(32-23)18-9-11-29-22(30-18)19(27)16-4-3-10-28-12-16/h3-12,19,24H,13-14,27H2,1-2H3,(H,31,32). The second-order valence-electron chi connectivity index (χ2n) is 9.03. The molecule has 1 aromatic carbocycles. The molecule has 0 spiro atoms. The van der Waals surface area contributed by atoms with Gasteiger partial charge in [-0.1, -0.05) is 19.9 Å². The zero-order chi connectivity index (χ0) is 23.7. The van der Waals surface area contributed by atoms with Crippen molar-refractivity contribution in [3.8, 4) is 22.6 Å². The summed E-state index contributed by atoms with van der Waals surface area (Å²) in [6.45, 7) is 5.23. The van der Waals surface area contributed by atoms with E-state index in [-0.39, 0.29) is 11.2 Å². The van der Waals surface area contributed by atoms with Crippen LogP contribution in [0.3, 0.4) is 0 Å². The first-order valence-electron chi connectivity index (χ1n) is 11.0. The molecule has 3 aromatic heterocycles. The third-order valence-electron chi connectivity index (χ3n) is 5.57. The van der Waals surface area contributed by atoms with Crippen LogP contribution in [-0.4, -0.2) is 38.1 Å². The van der Waals surface area contributed by atoms with E-state index in [1.807, 2.05) is 12.1 Å². The monoisotopic (exact) mass is 460 g/mol. The minimum absolute atomic E-state index is 0.0737. The number of pyridine rings is 1. The van der Waals surface area contributed by atoms with Crippen molar-refractivity contribution >= 4 is 0 Å². The number of nitrogens with zero attached hydrogens (tertiary/aromatic N) is 4. The van der Waals surface area contributed by atoms with Crippen molar-refractivity contribution < 1.29 is 13.9 Å². The Morgan fingerprint density at radius 2 is 1.82 bits per heavy atom. The Bertz CT molecular complexity index is 1270. The third-order valence-corrected chi connectivity index (χ3v) is 5.57. The van der Waals surface area contributed by atoms with Crippen LogP contribution in [0.25, 0.3) is 22.6 Å². The number of imidazole rings is 1. The maximum atomic E-state index is 13.6. The van der Waals surface area contributed by atoms with Gasteiger partial charge in [0, 0.05) is 29.6 Å². The quantitative estimate of drug-likeness (QED) is 0.459. The van der Waals surface area contributed by atoms with Gasteiger partial charge < -0.3 is 20.2 Å². The number of ether oxygens (including phenoxy) is 2. The molecule has 3 N–H and O–H groups in total. The summed E-state index contributed by atoms with van der Waals surface area (Å²) in [6.07, 6.45) is 4.39. The predicted octanol–water partition coefficient (Wildman–Crippen LogP) is 4.19. The lowest BCUT2D eigenvalue weighted by molar-refractivity contribution is -0.229. The van der Waals surface area contributed by atoms with Crippen molar-refractivity contribution in [2.45, 2.75) is 26.2 Å². The number of nitrogens with one attached hydrogen (secondary N) is 1. The van der Waals surface area contributed by atoms with Gasteiger partial charge in [-0.3, -0.25) is 4.98 Å². The Hall–Kier alpha value is -3.53. The van der Waals surface area contributed by atoms with Crippen LogP contribution < -0.4 is 5.73 Å². The first kappa shape index (κ1) is 22.3. The predicted molar refractivity (Wildman–Crippen MR) is 124 cm³/mol. The van der Waals surface area contributed by atoms with Crippen molar-refractivity contribution in [1.29, 1.82) is 0 Å². The van der Waals surface area contributed by atoms with Gasteiger partial charge in [0.15, 0.2) is 5.82 Å². The van der Waals surface area contributed by atoms with E-state index >= 15 is 0 Å². The number of hydrogen-bond acceptors (Lipinski definition) is 7. The average molecular weight is 461 g/mol. The molecule has 1 unspecified atom stereocenters. The molecular weight excluding hydrogens is 435 g/mol. The first-order chi connectivity index (χ1) is 16.4. The van der Waals surface area contributed by atoms with E-state index in [2.05, 4.69) is 28.8 Å². The lowest BCUT2D eigenvalue weighted by Crippen LogP contribution is -2.34. The fourth-order valence-corrected chi connectivity index (χ4v) is 3.73. The molecular formula is C25H25FN6O2. The zero-order valence-electron chi connectivity index (χ0n) is 18.9. The highest BCUT2D eigenvalue weighted by atomic mass is 19.1. The molecule has 9 heteroatoms. The van der Waals surface area contributed by atoms with Crippen LogP contribution in [0.4, 0.5) is 4.39 Å². The number of halogens is 1. The Labute approximate surface area is 196 Å². The van der Waals surface area contributed by atoms with Gasteiger partial charge >= 0.3 is 0 Å². The number of benzene rings is 1. The molecule has 0 amide bonds. The van der Waals surface area contributed by atoms with E-state index in [0.717, 1.165) is 11.1 Å². The van der Waals surface area contributed by atoms with Crippen molar-refractivity contribution in [2.24, 2.45) is 11.1 Å². The first-order valence-corrected chi connectivity index (χ1v) is 11.0. The Kier molecular flexibility index (Phi) is 5.91. The van der Waals surface area contributed by atoms with Gasteiger partial charge in [0.25, 0.3) is 0 Å². The summed E-state index contributed by atoms with van der Waals surface area (Å²) in [5.41, 5.74) is 9.70. The molecule has 4 aromatic rings. The molecule has 174 valence electrons. The Morgan fingerprint density at radius 1 is 1.06 bits per heavy atom. The molecule has 0 radical (unpaired) electrons. The van der Waals surface area contributed by atoms with E-state index < -0.39 is 12.3 Å². The van der Waals surface area contributed by atoms with Gasteiger partial charge in [0.05, 0.1) is 36.3 Å². The number of aromatic amines is 1. The van der Waals surface area contributed by atoms with Crippen molar-refractivity contribution in [2.75, 3.05) is 13.2 Å². The van der Waals surface area contributed by atoms with Crippen LogP contribution in [0.1, 0.15) is 43.4 Å². The minimum atomic E-state index is -0.639. The summed E-state index contributed by atoms with van der Waals surface area (Å²) in [5, 5.41) is 0. The second kappa shape index (κ2) is 9.02. The maximum Gasteiger partial charge on any atom is 0.217 e.